The van der Waals surface area contributed by atoms with Gasteiger partial charge in [0.2, 0.25) is 12.7 Å². The second-order valence-electron chi connectivity index (χ2n) is 15.1. The second-order valence-corrected chi connectivity index (χ2v) is 18.9. The average molecular weight is 917 g/mol. The molecule has 0 aliphatic rings. The number of nitrogens with zero attached hydrogens (tertiary/aromatic N) is 4. The van der Waals surface area contributed by atoms with Crippen molar-refractivity contribution in [2.75, 3.05) is 0 Å². The van der Waals surface area contributed by atoms with Crippen LogP contribution in [0.2, 0.25) is 0 Å². The van der Waals surface area contributed by atoms with Crippen molar-refractivity contribution in [3.8, 4) is 11.4 Å². The predicted octanol–water partition coefficient (Wildman–Crippen LogP) is 18.1. The van der Waals surface area contributed by atoms with Gasteiger partial charge in [0, 0.05) is 0 Å². The molecule has 2 heterocycles. The number of imidazole rings is 2. The monoisotopic (exact) mass is 916 g/mol. The van der Waals surface area contributed by atoms with Crippen LogP contribution in [0.25, 0.3) is 11.4 Å². The first-order valence-corrected chi connectivity index (χ1v) is 25.1. The summed E-state index contributed by atoms with van der Waals surface area (Å²) in [5.41, 5.74) is 2.46. The van der Waals surface area contributed by atoms with Gasteiger partial charge in [0.25, 0.3) is 0 Å². The summed E-state index contributed by atoms with van der Waals surface area (Å²) in [4.78, 5) is 0. The molecule has 2 aromatic carbocycles. The van der Waals surface area contributed by atoms with Gasteiger partial charge >= 0.3 is 66.0 Å². The number of unbranched alkanes of at least 4 members (excludes halogenated alkanes) is 18. The predicted molar refractivity (Wildman–Crippen MR) is 223 cm³/mol. The molecule has 0 unspecified atom stereocenters. The van der Waals surface area contributed by atoms with E-state index in [1.807, 2.05) is 0 Å². The molecule has 0 saturated heterocycles. The first kappa shape index (κ1) is 54.9. The van der Waals surface area contributed by atoms with Crippen molar-refractivity contribution in [2.24, 2.45) is 0 Å². The number of rotatable bonds is 24. The SMILES string of the molecule is CCCCCCCCCCCC[n+]1ccn(-c2ccccc2)c1.CCCCCCCCCCCC[n+]1ccn(-c2ccccc2)c1.F[P-](F)(F)(F)(F)F.F[P-](F)(F)(F)(F)F. The number of hydrogen-bond acceptors (Lipinski definition) is 0. The van der Waals surface area contributed by atoms with Gasteiger partial charge in [-0.3, -0.25) is 0 Å². The molecule has 0 amide bonds. The van der Waals surface area contributed by atoms with Gasteiger partial charge in [0.1, 0.15) is 36.2 Å². The van der Waals surface area contributed by atoms with Crippen LogP contribution in [0.4, 0.5) is 50.4 Å². The Balaban J connectivity index is 0.000000457. The van der Waals surface area contributed by atoms with Crippen LogP contribution in [0.3, 0.4) is 0 Å². The molecular formula is C42H66F12N4P2. The fourth-order valence-electron chi connectivity index (χ4n) is 6.12. The van der Waals surface area contributed by atoms with Gasteiger partial charge in [0.05, 0.1) is 13.1 Å². The van der Waals surface area contributed by atoms with Crippen molar-refractivity contribution in [3.63, 3.8) is 0 Å². The molecular weight excluding hydrogens is 850 g/mol. The van der Waals surface area contributed by atoms with Crippen LogP contribution in [0.15, 0.2) is 98.1 Å². The first-order valence-electron chi connectivity index (χ1n) is 21.1. The third-order valence-corrected chi connectivity index (χ3v) is 9.03. The normalized spacial score (nSPS) is 13.8. The molecule has 0 radical (unpaired) electrons. The Morgan fingerprint density at radius 3 is 0.850 bits per heavy atom. The molecule has 60 heavy (non-hydrogen) atoms. The molecule has 0 saturated carbocycles. The Bertz CT molecular complexity index is 1530. The van der Waals surface area contributed by atoms with Gasteiger partial charge in [-0.2, -0.15) is 0 Å². The van der Waals surface area contributed by atoms with Crippen molar-refractivity contribution < 1.29 is 59.5 Å². The fourth-order valence-corrected chi connectivity index (χ4v) is 6.12. The Morgan fingerprint density at radius 2 is 0.600 bits per heavy atom. The summed E-state index contributed by atoms with van der Waals surface area (Å²) in [7, 11) is -21.3. The van der Waals surface area contributed by atoms with Crippen LogP contribution in [-0.4, -0.2) is 9.13 Å². The van der Waals surface area contributed by atoms with E-state index in [1.54, 1.807) is 0 Å². The van der Waals surface area contributed by atoms with E-state index in [9.17, 15) is 50.4 Å². The third-order valence-electron chi connectivity index (χ3n) is 9.03. The number of aromatic nitrogens is 4. The average Bonchev–Trinajstić information content (AvgIpc) is 3.82. The van der Waals surface area contributed by atoms with E-state index in [1.165, 1.54) is 140 Å². The van der Waals surface area contributed by atoms with Gasteiger partial charge in [-0.05, 0) is 49.9 Å². The van der Waals surface area contributed by atoms with Gasteiger partial charge < -0.3 is 0 Å². The quantitative estimate of drug-likeness (QED) is 0.0288. The number of halogens is 12. The summed E-state index contributed by atoms with van der Waals surface area (Å²) in [5.74, 6) is 0. The maximum atomic E-state index is 9.87. The number of benzene rings is 2. The summed E-state index contributed by atoms with van der Waals surface area (Å²) >= 11 is 0. The zero-order chi connectivity index (χ0) is 45.2. The third kappa shape index (κ3) is 40.3. The van der Waals surface area contributed by atoms with Gasteiger partial charge in [0.15, 0.2) is 0 Å². The van der Waals surface area contributed by atoms with E-state index < -0.39 is 15.6 Å². The number of hydrogen-bond donors (Lipinski definition) is 0. The Labute approximate surface area is 348 Å². The molecule has 0 aliphatic heterocycles. The zero-order valence-corrected chi connectivity index (χ0v) is 36.8. The molecule has 0 fully saturated rings. The molecule has 0 spiro atoms. The summed E-state index contributed by atoms with van der Waals surface area (Å²) in [6.07, 6.45) is 41.0. The molecule has 0 aliphatic carbocycles. The minimum atomic E-state index is -10.7. The van der Waals surface area contributed by atoms with E-state index in [0.29, 0.717) is 0 Å². The van der Waals surface area contributed by atoms with E-state index in [-0.39, 0.29) is 0 Å². The standard InChI is InChI=1S/2C21H33N2.2F6P/c2*1-2-3-4-5-6-7-8-9-10-14-17-22-18-19-23(20-22)21-15-12-11-13-16-21;2*1-7(2,3,4,5)6/h2*11-13,15-16,18-20H,2-10,14,17H2,1H3;;/q2*+1;2*-1. The summed E-state index contributed by atoms with van der Waals surface area (Å²) in [5, 5.41) is 0. The molecule has 4 aromatic rings. The molecule has 0 N–H and O–H groups in total. The summed E-state index contributed by atoms with van der Waals surface area (Å²) in [6, 6.07) is 21.0. The van der Waals surface area contributed by atoms with Gasteiger partial charge in [-0.1, -0.05) is 153 Å². The molecule has 2 aromatic heterocycles. The van der Waals surface area contributed by atoms with Crippen molar-refractivity contribution in [1.29, 1.82) is 0 Å². The van der Waals surface area contributed by atoms with Crippen molar-refractivity contribution >= 4 is 15.6 Å². The van der Waals surface area contributed by atoms with Crippen LogP contribution < -0.4 is 9.13 Å². The Hall–Kier alpha value is -3.12. The van der Waals surface area contributed by atoms with Crippen LogP contribution in [0.5, 0.6) is 0 Å². The molecule has 0 atom stereocenters. The molecule has 4 rings (SSSR count). The van der Waals surface area contributed by atoms with Crippen LogP contribution >= 0.6 is 15.6 Å². The van der Waals surface area contributed by atoms with Crippen LogP contribution in [-0.2, 0) is 13.1 Å². The first-order chi connectivity index (χ1) is 27.7. The van der Waals surface area contributed by atoms with Crippen LogP contribution in [0.1, 0.15) is 142 Å². The second kappa shape index (κ2) is 24.5. The van der Waals surface area contributed by atoms with Gasteiger partial charge in [-0.25, -0.2) is 18.3 Å². The molecule has 348 valence electrons. The summed E-state index contributed by atoms with van der Waals surface area (Å²) in [6.45, 7) is 6.84. The van der Waals surface area contributed by atoms with E-state index in [0.717, 1.165) is 13.1 Å². The molecule has 4 nitrogen and oxygen atoms in total. The van der Waals surface area contributed by atoms with Crippen molar-refractivity contribution in [1.82, 2.24) is 9.13 Å². The number of aryl methyl sites for hydroxylation is 2. The van der Waals surface area contributed by atoms with Crippen molar-refractivity contribution in [2.45, 2.75) is 155 Å². The van der Waals surface area contributed by atoms with E-state index in [2.05, 4.69) is 130 Å². The number of para-hydroxylation sites is 2. The Kier molecular flexibility index (Phi) is 22.4. The van der Waals surface area contributed by atoms with Crippen LogP contribution in [0, 0.1) is 0 Å². The minimum absolute atomic E-state index is 1.14. The van der Waals surface area contributed by atoms with Gasteiger partial charge in [-0.15, -0.1) is 0 Å². The topological polar surface area (TPSA) is 17.6 Å². The maximum absolute atomic E-state index is 10.7. The Morgan fingerprint density at radius 1 is 0.367 bits per heavy atom. The van der Waals surface area contributed by atoms with E-state index in [4.69, 9.17) is 0 Å². The fraction of sp³-hybridized carbons (Fsp3) is 0.571. The molecule has 0 bridgehead atoms. The summed E-state index contributed by atoms with van der Waals surface area (Å²) < 4.78 is 127. The molecule has 18 heteroatoms. The van der Waals surface area contributed by atoms with E-state index >= 15 is 0 Å². The zero-order valence-electron chi connectivity index (χ0n) is 35.0. The van der Waals surface area contributed by atoms with Crippen molar-refractivity contribution in [3.05, 3.63) is 98.1 Å².